The molecule has 0 aliphatic heterocycles. The molecule has 2 unspecified atom stereocenters. The SMILES string of the molecule is CC(=O)c1cc(N(C)C)ccc1-c1nc2c(s1)C(O)CCC2.CN(C)c1ccc(-c2nc3c(s2)C(O)CCC3)c(C(=O)O)c1. The van der Waals surface area contributed by atoms with Gasteiger partial charge >= 0.3 is 5.97 Å². The molecule has 3 N–H and O–H groups in total. The highest BCUT2D eigenvalue weighted by Crippen LogP contribution is 2.41. The van der Waals surface area contributed by atoms with Crippen molar-refractivity contribution >= 4 is 45.8 Å². The molecule has 232 valence electrons. The average Bonchev–Trinajstić information content (AvgIpc) is 3.63. The number of benzene rings is 2. The molecule has 44 heavy (non-hydrogen) atoms. The first-order valence-electron chi connectivity index (χ1n) is 14.7. The van der Waals surface area contributed by atoms with Crippen LogP contribution in [0.25, 0.3) is 21.1 Å². The van der Waals surface area contributed by atoms with Crippen LogP contribution in [0.2, 0.25) is 0 Å². The predicted octanol–water partition coefficient (Wildman–Crippen LogP) is 6.39. The topological polar surface area (TPSA) is 127 Å². The van der Waals surface area contributed by atoms with Crippen LogP contribution in [0.1, 0.15) is 86.7 Å². The van der Waals surface area contributed by atoms with Crippen molar-refractivity contribution in [3.05, 3.63) is 68.7 Å². The standard InChI is InChI=1S/C17H20N2O2S.C16H18N2O3S/c1-10(20)13-9-11(19(2)3)7-8-12(13)17-18-14-5-4-6-15(21)16(14)22-17;1-18(2)9-6-7-10(11(8-9)16(20)21)15-17-12-4-3-5-13(19)14(12)22-15/h7-9,15,21H,4-6H2,1-3H3;6-8,13,19H,3-5H2,1-2H3,(H,20,21). The summed E-state index contributed by atoms with van der Waals surface area (Å²) < 4.78 is 0. The lowest BCUT2D eigenvalue weighted by atomic mass is 10.0. The Morgan fingerprint density at radius 3 is 1.57 bits per heavy atom. The third-order valence-electron chi connectivity index (χ3n) is 7.95. The van der Waals surface area contributed by atoms with Gasteiger partial charge < -0.3 is 25.1 Å². The largest absolute Gasteiger partial charge is 0.478 e. The maximum Gasteiger partial charge on any atom is 0.336 e. The highest BCUT2D eigenvalue weighted by atomic mass is 32.1. The van der Waals surface area contributed by atoms with Gasteiger partial charge in [-0.1, -0.05) is 0 Å². The summed E-state index contributed by atoms with van der Waals surface area (Å²) >= 11 is 2.92. The molecule has 2 aliphatic rings. The molecule has 0 radical (unpaired) electrons. The number of ketones is 1. The first-order valence-corrected chi connectivity index (χ1v) is 16.3. The molecule has 0 saturated carbocycles. The van der Waals surface area contributed by atoms with Gasteiger partial charge in [0.05, 0.1) is 38.9 Å². The van der Waals surface area contributed by atoms with E-state index in [-0.39, 0.29) is 11.3 Å². The lowest BCUT2D eigenvalue weighted by Gasteiger charge is -2.15. The molecule has 9 nitrogen and oxygen atoms in total. The number of hydrogen-bond acceptors (Lipinski definition) is 10. The van der Waals surface area contributed by atoms with E-state index in [1.54, 1.807) is 19.1 Å². The Morgan fingerprint density at radius 2 is 1.18 bits per heavy atom. The Balaban J connectivity index is 0.000000175. The lowest BCUT2D eigenvalue weighted by molar-refractivity contribution is 0.0697. The van der Waals surface area contributed by atoms with Gasteiger partial charge in [0.25, 0.3) is 0 Å². The van der Waals surface area contributed by atoms with Crippen molar-refractivity contribution in [2.75, 3.05) is 38.0 Å². The Morgan fingerprint density at radius 1 is 0.750 bits per heavy atom. The van der Waals surface area contributed by atoms with E-state index in [9.17, 15) is 24.9 Å². The van der Waals surface area contributed by atoms with Crippen molar-refractivity contribution in [1.29, 1.82) is 0 Å². The summed E-state index contributed by atoms with van der Waals surface area (Å²) in [5, 5.41) is 31.2. The van der Waals surface area contributed by atoms with Gasteiger partial charge in [-0.05, 0) is 81.8 Å². The smallest absolute Gasteiger partial charge is 0.336 e. The molecule has 0 fully saturated rings. The van der Waals surface area contributed by atoms with Gasteiger partial charge in [-0.3, -0.25) is 4.79 Å². The van der Waals surface area contributed by atoms with Crippen molar-refractivity contribution in [1.82, 2.24) is 9.97 Å². The zero-order chi connectivity index (χ0) is 31.7. The Hall–Kier alpha value is -3.64. The van der Waals surface area contributed by atoms with Crippen molar-refractivity contribution < 1.29 is 24.9 Å². The summed E-state index contributed by atoms with van der Waals surface area (Å²) in [4.78, 5) is 38.6. The molecule has 2 heterocycles. The van der Waals surface area contributed by atoms with Crippen LogP contribution in [0.15, 0.2) is 36.4 Å². The maximum atomic E-state index is 12.0. The van der Waals surface area contributed by atoms with Gasteiger partial charge in [0.15, 0.2) is 5.78 Å². The van der Waals surface area contributed by atoms with E-state index in [2.05, 4.69) is 9.97 Å². The third-order valence-corrected chi connectivity index (χ3v) is 10.4. The summed E-state index contributed by atoms with van der Waals surface area (Å²) in [5.74, 6) is -0.931. The lowest BCUT2D eigenvalue weighted by Crippen LogP contribution is -2.10. The van der Waals surface area contributed by atoms with Gasteiger partial charge in [-0.2, -0.15) is 0 Å². The molecule has 0 spiro atoms. The number of thiazole rings is 2. The summed E-state index contributed by atoms with van der Waals surface area (Å²) in [6.45, 7) is 1.58. The summed E-state index contributed by atoms with van der Waals surface area (Å²) in [6.07, 6.45) is 4.32. The highest BCUT2D eigenvalue weighted by Gasteiger charge is 2.26. The molecule has 11 heteroatoms. The van der Waals surface area contributed by atoms with Gasteiger partial charge in [-0.15, -0.1) is 22.7 Å². The van der Waals surface area contributed by atoms with Crippen LogP contribution < -0.4 is 9.80 Å². The molecule has 0 amide bonds. The van der Waals surface area contributed by atoms with Crippen LogP contribution in [0.3, 0.4) is 0 Å². The predicted molar refractivity (Wildman–Crippen MR) is 177 cm³/mol. The molecule has 6 rings (SSSR count). The zero-order valence-corrected chi connectivity index (χ0v) is 27.3. The monoisotopic (exact) mass is 634 g/mol. The molecule has 2 atom stereocenters. The number of aryl methyl sites for hydroxylation is 2. The number of carboxylic acid groups (broad SMARTS) is 1. The van der Waals surface area contributed by atoms with Gasteiger partial charge in [0.1, 0.15) is 10.0 Å². The minimum atomic E-state index is -0.965. The van der Waals surface area contributed by atoms with E-state index >= 15 is 0 Å². The fourth-order valence-corrected chi connectivity index (χ4v) is 7.83. The van der Waals surface area contributed by atoms with Gasteiger partial charge in [-0.25, -0.2) is 14.8 Å². The first-order chi connectivity index (χ1) is 20.9. The molecule has 0 saturated heterocycles. The molecular formula is C33H38N4O5S2. The fourth-order valence-electron chi connectivity index (χ4n) is 5.49. The fraction of sp³-hybridized carbons (Fsp3) is 0.394. The number of aliphatic hydroxyl groups is 2. The van der Waals surface area contributed by atoms with Crippen molar-refractivity contribution in [3.8, 4) is 21.1 Å². The van der Waals surface area contributed by atoms with E-state index in [1.165, 1.54) is 22.7 Å². The average molecular weight is 635 g/mol. The molecule has 2 aliphatic carbocycles. The second-order valence-electron chi connectivity index (χ2n) is 11.6. The van der Waals surface area contributed by atoms with E-state index < -0.39 is 18.2 Å². The van der Waals surface area contributed by atoms with Crippen LogP contribution in [-0.2, 0) is 12.8 Å². The molecule has 2 aromatic carbocycles. The van der Waals surface area contributed by atoms with Gasteiger partial charge in [0.2, 0.25) is 0 Å². The summed E-state index contributed by atoms with van der Waals surface area (Å²) in [6, 6.07) is 11.2. The van der Waals surface area contributed by atoms with Crippen molar-refractivity contribution in [2.24, 2.45) is 0 Å². The number of anilines is 2. The number of aliphatic hydroxyl groups excluding tert-OH is 2. The number of hydrogen-bond donors (Lipinski definition) is 3. The number of carboxylic acids is 1. The number of carbonyl (C=O) groups is 2. The minimum Gasteiger partial charge on any atom is -0.478 e. The number of nitrogens with zero attached hydrogens (tertiary/aromatic N) is 4. The van der Waals surface area contributed by atoms with Crippen LogP contribution in [0.4, 0.5) is 11.4 Å². The normalized spacial score (nSPS) is 17.2. The Bertz CT molecular complexity index is 1570. The number of Topliss-reactive ketones (excluding diaryl/α,β-unsaturated/α-hetero) is 1. The third kappa shape index (κ3) is 6.56. The first kappa shape index (κ1) is 31.8. The van der Waals surface area contributed by atoms with Crippen molar-refractivity contribution in [3.63, 3.8) is 0 Å². The highest BCUT2D eigenvalue weighted by molar-refractivity contribution is 7.15. The van der Waals surface area contributed by atoms with Crippen molar-refractivity contribution in [2.45, 2.75) is 57.7 Å². The number of carbonyl (C=O) groups excluding carboxylic acids is 1. The summed E-state index contributed by atoms with van der Waals surface area (Å²) in [7, 11) is 7.66. The zero-order valence-electron chi connectivity index (χ0n) is 25.6. The van der Waals surface area contributed by atoms with Crippen LogP contribution in [0, 0.1) is 0 Å². The molecular weight excluding hydrogens is 597 g/mol. The number of aromatic carboxylic acids is 1. The van der Waals surface area contributed by atoms with Gasteiger partial charge in [0, 0.05) is 56.3 Å². The van der Waals surface area contributed by atoms with E-state index in [0.717, 1.165) is 81.6 Å². The summed E-state index contributed by atoms with van der Waals surface area (Å²) in [5.41, 5.74) is 6.14. The number of fused-ring (bicyclic) bond motifs is 2. The molecule has 4 aromatic rings. The van der Waals surface area contributed by atoms with E-state index in [1.807, 2.05) is 62.3 Å². The van der Waals surface area contributed by atoms with E-state index in [0.29, 0.717) is 16.1 Å². The van der Waals surface area contributed by atoms with Crippen LogP contribution >= 0.6 is 22.7 Å². The quantitative estimate of drug-likeness (QED) is 0.207. The van der Waals surface area contributed by atoms with E-state index in [4.69, 9.17) is 0 Å². The van der Waals surface area contributed by atoms with Crippen LogP contribution in [0.5, 0.6) is 0 Å². The Labute approximate surface area is 265 Å². The minimum absolute atomic E-state index is 0.0346. The van der Waals surface area contributed by atoms with Crippen LogP contribution in [-0.4, -0.2) is 65.2 Å². The number of aromatic nitrogens is 2. The Kier molecular flexibility index (Phi) is 9.50. The number of rotatable bonds is 6. The maximum absolute atomic E-state index is 12.0. The molecule has 2 aromatic heterocycles. The second kappa shape index (κ2) is 13.2. The molecule has 0 bridgehead atoms. The second-order valence-corrected chi connectivity index (χ2v) is 13.6.